The van der Waals surface area contributed by atoms with Crippen molar-refractivity contribution in [2.75, 3.05) is 5.32 Å². The molecule has 1 heterocycles. The van der Waals surface area contributed by atoms with Gasteiger partial charge in [-0.15, -0.1) is 23.1 Å². The van der Waals surface area contributed by atoms with E-state index in [4.69, 9.17) is 0 Å². The molecule has 0 spiro atoms. The molecule has 5 heteroatoms. The lowest BCUT2D eigenvalue weighted by molar-refractivity contribution is -0.115. The van der Waals surface area contributed by atoms with Gasteiger partial charge in [0.2, 0.25) is 5.91 Å². The second-order valence-corrected chi connectivity index (χ2v) is 9.78. The van der Waals surface area contributed by atoms with Gasteiger partial charge < -0.3 is 5.32 Å². The van der Waals surface area contributed by atoms with Gasteiger partial charge in [-0.2, -0.15) is 0 Å². The maximum atomic E-state index is 12.4. The van der Waals surface area contributed by atoms with Gasteiger partial charge in [0, 0.05) is 21.4 Å². The smallest absolute Gasteiger partial charge is 0.228 e. The van der Waals surface area contributed by atoms with Crippen LogP contribution in [0.4, 0.5) is 5.69 Å². The van der Waals surface area contributed by atoms with Crippen molar-refractivity contribution < 1.29 is 4.79 Å². The van der Waals surface area contributed by atoms with Gasteiger partial charge in [-0.05, 0) is 54.1 Å². The molecular weight excluding hydrogens is 396 g/mol. The fraction of sp³-hybridized carbons (Fsp3) is 0.167. The number of fused-ring (bicyclic) bond motifs is 1. The highest BCUT2D eigenvalue weighted by Crippen LogP contribution is 2.30. The molecule has 29 heavy (non-hydrogen) atoms. The lowest BCUT2D eigenvalue weighted by atomic mass is 10.1. The van der Waals surface area contributed by atoms with E-state index in [0.717, 1.165) is 27.3 Å². The zero-order chi connectivity index (χ0) is 20.2. The van der Waals surface area contributed by atoms with Crippen LogP contribution in [0, 0.1) is 0 Å². The van der Waals surface area contributed by atoms with E-state index in [-0.39, 0.29) is 5.91 Å². The van der Waals surface area contributed by atoms with Crippen molar-refractivity contribution in [3.05, 3.63) is 78.4 Å². The second-order valence-electron chi connectivity index (χ2n) is 7.10. The highest BCUT2D eigenvalue weighted by Gasteiger charge is 2.08. The summed E-state index contributed by atoms with van der Waals surface area (Å²) in [4.78, 5) is 18.3. The van der Waals surface area contributed by atoms with Crippen molar-refractivity contribution in [1.82, 2.24) is 4.98 Å². The summed E-state index contributed by atoms with van der Waals surface area (Å²) in [5.41, 5.74) is 3.89. The SMILES string of the molecule is CC(C)Sc1ccc(CC(=O)Nc2ccc(-c3nc4ccccc4s3)cc2)cc1. The number of nitrogens with one attached hydrogen (secondary N) is 1. The Kier molecular flexibility index (Phi) is 5.97. The fourth-order valence-electron chi connectivity index (χ4n) is 3.04. The molecule has 0 saturated heterocycles. The molecule has 146 valence electrons. The zero-order valence-electron chi connectivity index (χ0n) is 16.4. The summed E-state index contributed by atoms with van der Waals surface area (Å²) in [6.45, 7) is 4.35. The minimum atomic E-state index is -0.0120. The molecule has 0 radical (unpaired) electrons. The van der Waals surface area contributed by atoms with Gasteiger partial charge in [0.1, 0.15) is 5.01 Å². The Hall–Kier alpha value is -2.63. The van der Waals surface area contributed by atoms with E-state index in [1.165, 1.54) is 9.60 Å². The third-order valence-corrected chi connectivity index (χ3v) is 6.47. The highest BCUT2D eigenvalue weighted by atomic mass is 32.2. The average molecular weight is 419 g/mol. The van der Waals surface area contributed by atoms with Crippen molar-refractivity contribution in [2.45, 2.75) is 30.4 Å². The van der Waals surface area contributed by atoms with Crippen LogP contribution in [0.3, 0.4) is 0 Å². The van der Waals surface area contributed by atoms with Crippen molar-refractivity contribution in [1.29, 1.82) is 0 Å². The summed E-state index contributed by atoms with van der Waals surface area (Å²) in [5.74, 6) is -0.0120. The van der Waals surface area contributed by atoms with Gasteiger partial charge in [0.15, 0.2) is 0 Å². The third-order valence-electron chi connectivity index (χ3n) is 4.37. The van der Waals surface area contributed by atoms with Crippen LogP contribution in [0.1, 0.15) is 19.4 Å². The summed E-state index contributed by atoms with van der Waals surface area (Å²) in [7, 11) is 0. The summed E-state index contributed by atoms with van der Waals surface area (Å²) >= 11 is 3.50. The lowest BCUT2D eigenvalue weighted by Crippen LogP contribution is -2.14. The van der Waals surface area contributed by atoms with Crippen molar-refractivity contribution >= 4 is 44.9 Å². The van der Waals surface area contributed by atoms with Gasteiger partial charge in [-0.25, -0.2) is 4.98 Å². The van der Waals surface area contributed by atoms with Gasteiger partial charge >= 0.3 is 0 Å². The van der Waals surface area contributed by atoms with Crippen LogP contribution in [0.15, 0.2) is 77.7 Å². The molecule has 1 amide bonds. The van der Waals surface area contributed by atoms with Gasteiger partial charge in [0.05, 0.1) is 16.6 Å². The van der Waals surface area contributed by atoms with Crippen LogP contribution in [0.2, 0.25) is 0 Å². The average Bonchev–Trinajstić information content (AvgIpc) is 3.14. The van der Waals surface area contributed by atoms with E-state index < -0.39 is 0 Å². The molecule has 0 saturated carbocycles. The molecule has 0 aliphatic carbocycles. The quantitative estimate of drug-likeness (QED) is 0.357. The van der Waals surface area contributed by atoms with Gasteiger partial charge in [0.25, 0.3) is 0 Å². The highest BCUT2D eigenvalue weighted by molar-refractivity contribution is 7.99. The maximum absolute atomic E-state index is 12.4. The van der Waals surface area contributed by atoms with E-state index in [9.17, 15) is 4.79 Å². The molecule has 0 aliphatic rings. The van der Waals surface area contributed by atoms with Crippen LogP contribution in [0.5, 0.6) is 0 Å². The summed E-state index contributed by atoms with van der Waals surface area (Å²) < 4.78 is 1.18. The Bertz CT molecular complexity index is 1080. The number of para-hydroxylation sites is 1. The fourth-order valence-corrected chi connectivity index (χ4v) is 4.85. The molecule has 4 rings (SSSR count). The minimum absolute atomic E-state index is 0.0120. The number of benzene rings is 3. The lowest BCUT2D eigenvalue weighted by Gasteiger charge is -2.08. The summed E-state index contributed by atoms with van der Waals surface area (Å²) in [5, 5.41) is 4.52. The Morgan fingerprint density at radius 2 is 1.72 bits per heavy atom. The topological polar surface area (TPSA) is 42.0 Å². The van der Waals surface area contributed by atoms with E-state index in [0.29, 0.717) is 11.7 Å². The molecule has 4 aromatic rings. The summed E-state index contributed by atoms with van der Waals surface area (Å²) in [6, 6.07) is 24.2. The number of amides is 1. The Balaban J connectivity index is 1.38. The first-order chi connectivity index (χ1) is 14.1. The first-order valence-corrected chi connectivity index (χ1v) is 11.3. The number of nitrogens with zero attached hydrogens (tertiary/aromatic N) is 1. The number of aromatic nitrogens is 1. The Morgan fingerprint density at radius 3 is 2.41 bits per heavy atom. The normalized spacial score (nSPS) is 11.1. The molecule has 0 aliphatic heterocycles. The number of thioether (sulfide) groups is 1. The monoisotopic (exact) mass is 418 g/mol. The van der Waals surface area contributed by atoms with Gasteiger partial charge in [-0.1, -0.05) is 38.1 Å². The number of carbonyl (C=O) groups excluding carboxylic acids is 1. The Morgan fingerprint density at radius 1 is 1.00 bits per heavy atom. The predicted octanol–water partition coefficient (Wildman–Crippen LogP) is 6.65. The largest absolute Gasteiger partial charge is 0.326 e. The van der Waals surface area contributed by atoms with Crippen molar-refractivity contribution in [3.8, 4) is 10.6 Å². The Labute approximate surface area is 179 Å². The number of rotatable bonds is 6. The molecule has 3 nitrogen and oxygen atoms in total. The number of carbonyl (C=O) groups is 1. The first-order valence-electron chi connectivity index (χ1n) is 9.58. The molecular formula is C24H22N2OS2. The molecule has 1 N–H and O–H groups in total. The molecule has 0 fully saturated rings. The number of hydrogen-bond donors (Lipinski definition) is 1. The molecule has 1 aromatic heterocycles. The van der Waals surface area contributed by atoms with Gasteiger partial charge in [-0.3, -0.25) is 4.79 Å². The molecule has 3 aromatic carbocycles. The van der Waals surface area contributed by atoms with E-state index in [1.54, 1.807) is 11.3 Å². The molecule has 0 unspecified atom stereocenters. The van der Waals surface area contributed by atoms with Crippen molar-refractivity contribution in [2.24, 2.45) is 0 Å². The minimum Gasteiger partial charge on any atom is -0.326 e. The molecule has 0 atom stereocenters. The predicted molar refractivity (Wildman–Crippen MR) is 125 cm³/mol. The van der Waals surface area contributed by atoms with Crippen LogP contribution >= 0.6 is 23.1 Å². The van der Waals surface area contributed by atoms with E-state index in [2.05, 4.69) is 42.3 Å². The maximum Gasteiger partial charge on any atom is 0.228 e. The van der Waals surface area contributed by atoms with E-state index in [1.807, 2.05) is 66.4 Å². The van der Waals surface area contributed by atoms with Crippen molar-refractivity contribution in [3.63, 3.8) is 0 Å². The number of anilines is 1. The van der Waals surface area contributed by atoms with Crippen LogP contribution in [0.25, 0.3) is 20.8 Å². The van der Waals surface area contributed by atoms with E-state index >= 15 is 0 Å². The van der Waals surface area contributed by atoms with Crippen LogP contribution in [-0.2, 0) is 11.2 Å². The molecule has 0 bridgehead atoms. The third kappa shape index (κ3) is 5.05. The summed E-state index contributed by atoms with van der Waals surface area (Å²) in [6.07, 6.45) is 0.367. The van der Waals surface area contributed by atoms with Crippen LogP contribution in [-0.4, -0.2) is 16.1 Å². The van der Waals surface area contributed by atoms with Crippen LogP contribution < -0.4 is 5.32 Å². The number of hydrogen-bond acceptors (Lipinski definition) is 4. The second kappa shape index (κ2) is 8.80. The first kappa shape index (κ1) is 19.7. The zero-order valence-corrected chi connectivity index (χ0v) is 18.0. The standard InChI is InChI=1S/C24H22N2OS2/c1-16(2)28-20-13-7-17(8-14-20)15-23(27)25-19-11-9-18(10-12-19)24-26-21-5-3-4-6-22(21)29-24/h3-14,16H,15H2,1-2H3,(H,25,27). The number of thiazole rings is 1.